The van der Waals surface area contributed by atoms with E-state index in [0.717, 1.165) is 0 Å². The molecule has 0 atom stereocenters. The first-order valence-electron chi connectivity index (χ1n) is 6.66. The molecule has 0 spiro atoms. The Balaban J connectivity index is 1.85. The summed E-state index contributed by atoms with van der Waals surface area (Å²) in [6.45, 7) is 0.803. The van der Waals surface area contributed by atoms with Gasteiger partial charge in [-0.3, -0.25) is 4.79 Å². The molecule has 0 fully saturated rings. The number of hydrogen-bond acceptors (Lipinski definition) is 6. The van der Waals surface area contributed by atoms with E-state index in [9.17, 15) is 4.79 Å². The third kappa shape index (κ3) is 3.96. The average molecular weight is 316 g/mol. The van der Waals surface area contributed by atoms with E-state index in [2.05, 4.69) is 16.4 Å². The second kappa shape index (κ2) is 7.43. The van der Waals surface area contributed by atoms with Crippen molar-refractivity contribution in [3.05, 3.63) is 40.9 Å². The zero-order valence-electron chi connectivity index (χ0n) is 12.4. The number of thiazole rings is 1. The van der Waals surface area contributed by atoms with E-state index < -0.39 is 0 Å². The van der Waals surface area contributed by atoms with E-state index >= 15 is 0 Å². The van der Waals surface area contributed by atoms with Crippen molar-refractivity contribution in [2.24, 2.45) is 0 Å². The van der Waals surface area contributed by atoms with Crippen molar-refractivity contribution in [1.82, 2.24) is 9.88 Å². The molecule has 114 valence electrons. The number of carbonyl (C=O) groups excluding carboxylic acids is 1. The van der Waals surface area contributed by atoms with Crippen LogP contribution < -0.4 is 10.1 Å². The molecule has 0 saturated carbocycles. The van der Waals surface area contributed by atoms with Crippen molar-refractivity contribution < 1.29 is 9.53 Å². The molecule has 22 heavy (non-hydrogen) atoms. The van der Waals surface area contributed by atoms with Crippen molar-refractivity contribution in [1.29, 1.82) is 5.26 Å². The highest BCUT2D eigenvalue weighted by Crippen LogP contribution is 2.18. The van der Waals surface area contributed by atoms with Crippen LogP contribution in [0.5, 0.6) is 5.75 Å². The second-order valence-electron chi connectivity index (χ2n) is 4.49. The van der Waals surface area contributed by atoms with Gasteiger partial charge in [-0.1, -0.05) is 17.4 Å². The summed E-state index contributed by atoms with van der Waals surface area (Å²) >= 11 is 1.31. The van der Waals surface area contributed by atoms with Crippen LogP contribution in [0.3, 0.4) is 0 Å². The molecule has 1 aromatic carbocycles. The Kier molecular flexibility index (Phi) is 5.33. The lowest BCUT2D eigenvalue weighted by Crippen LogP contribution is -2.30. The van der Waals surface area contributed by atoms with Gasteiger partial charge in [-0.2, -0.15) is 5.26 Å². The summed E-state index contributed by atoms with van der Waals surface area (Å²) in [4.78, 5) is 18.4. The Morgan fingerprint density at radius 3 is 3.05 bits per heavy atom. The summed E-state index contributed by atoms with van der Waals surface area (Å²) in [5, 5.41) is 12.4. The number of nitriles is 1. The first kappa shape index (κ1) is 15.8. The normalized spacial score (nSPS) is 9.86. The maximum absolute atomic E-state index is 12.2. The van der Waals surface area contributed by atoms with Gasteiger partial charge in [0, 0.05) is 14.1 Å². The van der Waals surface area contributed by atoms with E-state index in [0.29, 0.717) is 34.5 Å². The Morgan fingerprint density at radius 2 is 2.36 bits per heavy atom. The molecular formula is C15H16N4O2S. The van der Waals surface area contributed by atoms with Gasteiger partial charge in [0.1, 0.15) is 17.2 Å². The quantitative estimate of drug-likeness (QED) is 0.884. The second-order valence-corrected chi connectivity index (χ2v) is 5.53. The molecule has 1 heterocycles. The van der Waals surface area contributed by atoms with E-state index in [1.54, 1.807) is 49.5 Å². The third-order valence-electron chi connectivity index (χ3n) is 2.94. The van der Waals surface area contributed by atoms with Crippen molar-refractivity contribution in [2.45, 2.75) is 0 Å². The van der Waals surface area contributed by atoms with Gasteiger partial charge in [0.25, 0.3) is 5.91 Å². The summed E-state index contributed by atoms with van der Waals surface area (Å²) in [5.74, 6) is 0.531. The number of carbonyl (C=O) groups is 1. The number of rotatable bonds is 6. The molecule has 6 nitrogen and oxygen atoms in total. The first-order valence-corrected chi connectivity index (χ1v) is 7.47. The minimum Gasteiger partial charge on any atom is -0.492 e. The maximum atomic E-state index is 12.2. The number of benzene rings is 1. The molecule has 0 aliphatic carbocycles. The highest BCUT2D eigenvalue weighted by Gasteiger charge is 2.14. The average Bonchev–Trinajstić information content (AvgIpc) is 3.03. The molecule has 1 amide bonds. The van der Waals surface area contributed by atoms with Gasteiger partial charge < -0.3 is 15.0 Å². The van der Waals surface area contributed by atoms with Crippen LogP contribution in [0, 0.1) is 11.3 Å². The number of anilines is 1. The summed E-state index contributed by atoms with van der Waals surface area (Å²) in [5.41, 5.74) is 0.547. The number of nitrogens with zero attached hydrogens (tertiary/aromatic N) is 3. The lowest BCUT2D eigenvalue weighted by molar-refractivity contribution is 0.0778. The molecule has 1 N–H and O–H groups in total. The van der Waals surface area contributed by atoms with Crippen molar-refractivity contribution in [3.63, 3.8) is 0 Å². The number of amides is 1. The molecule has 0 bridgehead atoms. The Hall–Kier alpha value is -2.59. The van der Waals surface area contributed by atoms with Crippen LogP contribution in [-0.4, -0.2) is 43.0 Å². The van der Waals surface area contributed by atoms with E-state index in [1.165, 1.54) is 11.3 Å². The number of nitrogens with one attached hydrogen (secondary N) is 1. The minimum atomic E-state index is -0.0895. The van der Waals surface area contributed by atoms with Gasteiger partial charge in [0.05, 0.1) is 24.4 Å². The standard InChI is InChI=1S/C15H16N4O2S/c1-17-15-18-10-13(22-15)14(20)19(2)6-7-21-12-5-3-4-11(8-12)9-16/h3-5,8,10H,6-7H2,1-2H3,(H,17,18). The van der Waals surface area contributed by atoms with E-state index in [-0.39, 0.29) is 5.91 Å². The fraction of sp³-hybridized carbons (Fsp3) is 0.267. The predicted molar refractivity (Wildman–Crippen MR) is 85.3 cm³/mol. The van der Waals surface area contributed by atoms with Gasteiger partial charge >= 0.3 is 0 Å². The summed E-state index contributed by atoms with van der Waals surface area (Å²) < 4.78 is 5.56. The molecule has 0 unspecified atom stereocenters. The SMILES string of the molecule is CNc1ncc(C(=O)N(C)CCOc2cccc(C#N)c2)s1. The lowest BCUT2D eigenvalue weighted by atomic mass is 10.2. The minimum absolute atomic E-state index is 0.0895. The maximum Gasteiger partial charge on any atom is 0.265 e. The van der Waals surface area contributed by atoms with Crippen molar-refractivity contribution in [3.8, 4) is 11.8 Å². The van der Waals surface area contributed by atoms with Crippen molar-refractivity contribution in [2.75, 3.05) is 32.6 Å². The predicted octanol–water partition coefficient (Wildman–Crippen LogP) is 2.21. The lowest BCUT2D eigenvalue weighted by Gasteiger charge is -2.16. The molecule has 2 rings (SSSR count). The number of aromatic nitrogens is 1. The summed E-state index contributed by atoms with van der Waals surface area (Å²) in [7, 11) is 3.48. The van der Waals surface area contributed by atoms with Crippen molar-refractivity contribution >= 4 is 22.4 Å². The highest BCUT2D eigenvalue weighted by atomic mass is 32.1. The number of hydrogen-bond donors (Lipinski definition) is 1. The number of likely N-dealkylation sites (N-methyl/N-ethyl adjacent to an activating group) is 1. The zero-order valence-corrected chi connectivity index (χ0v) is 13.2. The highest BCUT2D eigenvalue weighted by molar-refractivity contribution is 7.17. The van der Waals surface area contributed by atoms with Crippen LogP contribution >= 0.6 is 11.3 Å². The smallest absolute Gasteiger partial charge is 0.265 e. The number of ether oxygens (including phenoxy) is 1. The van der Waals surface area contributed by atoms with E-state index in [4.69, 9.17) is 10.00 Å². The molecule has 0 radical (unpaired) electrons. The molecule has 1 aromatic heterocycles. The van der Waals surface area contributed by atoms with Gasteiger partial charge in [0.15, 0.2) is 5.13 Å². The van der Waals surface area contributed by atoms with Crippen LogP contribution in [0.15, 0.2) is 30.5 Å². The Bertz CT molecular complexity index is 693. The molecule has 7 heteroatoms. The molecule has 0 aliphatic heterocycles. The monoisotopic (exact) mass is 316 g/mol. The van der Waals surface area contributed by atoms with Gasteiger partial charge in [0.2, 0.25) is 0 Å². The van der Waals surface area contributed by atoms with Crippen LogP contribution in [0.2, 0.25) is 0 Å². The molecule has 0 saturated heterocycles. The summed E-state index contributed by atoms with van der Waals surface area (Å²) in [6, 6.07) is 8.99. The van der Waals surface area contributed by atoms with Gasteiger partial charge in [-0.25, -0.2) is 4.98 Å². The fourth-order valence-corrected chi connectivity index (χ4v) is 2.50. The zero-order chi connectivity index (χ0) is 15.9. The largest absolute Gasteiger partial charge is 0.492 e. The van der Waals surface area contributed by atoms with Gasteiger partial charge in [-0.05, 0) is 18.2 Å². The molecule has 0 aliphatic rings. The first-order chi connectivity index (χ1) is 10.6. The third-order valence-corrected chi connectivity index (χ3v) is 3.94. The topological polar surface area (TPSA) is 78.2 Å². The van der Waals surface area contributed by atoms with E-state index in [1.807, 2.05) is 0 Å². The van der Waals surface area contributed by atoms with Crippen LogP contribution in [0.25, 0.3) is 0 Å². The van der Waals surface area contributed by atoms with Crippen LogP contribution in [0.1, 0.15) is 15.2 Å². The van der Waals surface area contributed by atoms with Gasteiger partial charge in [-0.15, -0.1) is 0 Å². The molecule has 2 aromatic rings. The van der Waals surface area contributed by atoms with Crippen LogP contribution in [-0.2, 0) is 0 Å². The molecular weight excluding hydrogens is 300 g/mol. The van der Waals surface area contributed by atoms with Crippen LogP contribution in [0.4, 0.5) is 5.13 Å². The Labute approximate surface area is 133 Å². The summed E-state index contributed by atoms with van der Waals surface area (Å²) in [6.07, 6.45) is 1.56. The fourth-order valence-electron chi connectivity index (χ4n) is 1.73. The Morgan fingerprint density at radius 1 is 1.55 bits per heavy atom.